The zero-order valence-corrected chi connectivity index (χ0v) is 20.8. The fourth-order valence-electron chi connectivity index (χ4n) is 5.06. The molecule has 37 heavy (non-hydrogen) atoms. The molecule has 2 aromatic heterocycles. The second-order valence-corrected chi connectivity index (χ2v) is 9.68. The summed E-state index contributed by atoms with van der Waals surface area (Å²) < 4.78 is 52.8. The number of piperidine rings is 1. The molecule has 0 unspecified atom stereocenters. The topological polar surface area (TPSA) is 106 Å². The van der Waals surface area contributed by atoms with Crippen molar-refractivity contribution in [3.05, 3.63) is 53.4 Å². The van der Waals surface area contributed by atoms with E-state index in [-0.39, 0.29) is 18.2 Å². The second-order valence-electron chi connectivity index (χ2n) is 9.68. The van der Waals surface area contributed by atoms with Gasteiger partial charge in [0.05, 0.1) is 18.5 Å². The van der Waals surface area contributed by atoms with Gasteiger partial charge in [0.15, 0.2) is 23.2 Å². The van der Waals surface area contributed by atoms with Crippen LogP contribution in [0.15, 0.2) is 29.0 Å². The minimum atomic E-state index is -1.22. The Balaban J connectivity index is 1.16. The minimum Gasteiger partial charge on any atom is -0.487 e. The van der Waals surface area contributed by atoms with Crippen molar-refractivity contribution in [2.75, 3.05) is 36.0 Å². The van der Waals surface area contributed by atoms with Crippen LogP contribution in [0.25, 0.3) is 0 Å². The predicted molar refractivity (Wildman–Crippen MR) is 130 cm³/mol. The van der Waals surface area contributed by atoms with Crippen molar-refractivity contribution >= 4 is 12.0 Å². The van der Waals surface area contributed by atoms with Gasteiger partial charge in [0, 0.05) is 50.6 Å². The molecule has 12 heteroatoms. The molecule has 3 atom stereocenters. The highest BCUT2D eigenvalue weighted by Gasteiger charge is 2.35. The lowest BCUT2D eigenvalue weighted by atomic mass is 9.92. The maximum Gasteiger partial charge on any atom is 0.324 e. The molecule has 2 aliphatic heterocycles. The van der Waals surface area contributed by atoms with E-state index in [2.05, 4.69) is 25.0 Å². The van der Waals surface area contributed by atoms with Crippen LogP contribution in [0.3, 0.4) is 0 Å². The number of rotatable bonds is 7. The number of aryl methyl sites for hydroxylation is 1. The van der Waals surface area contributed by atoms with Crippen LogP contribution in [0.5, 0.6) is 5.75 Å². The third kappa shape index (κ3) is 5.34. The van der Waals surface area contributed by atoms with Crippen molar-refractivity contribution in [1.82, 2.24) is 20.1 Å². The molecule has 1 aromatic carbocycles. The molecule has 2 N–H and O–H groups in total. The highest BCUT2D eigenvalue weighted by Crippen LogP contribution is 2.32. The largest absolute Gasteiger partial charge is 0.487 e. The third-order valence-electron chi connectivity index (χ3n) is 7.27. The summed E-state index contributed by atoms with van der Waals surface area (Å²) in [5.74, 6) is -1.61. The standard InChI is InChI=1S/C25H30F3N7O2/c1-3-23-32-25(37-33-23)34-6-4-15(5-7-34)14(2)36-16-10-30-24(31-11-16)35-12-18(22(29)13-35)17-8-20(27)21(28)9-19(17)26/h8-11,14-15,18,22H,3-7,12-13,29H2,1-2H3/t14-,18+,22-/m0/s1. The van der Waals surface area contributed by atoms with Gasteiger partial charge in [-0.05, 0) is 37.3 Å². The zero-order valence-electron chi connectivity index (χ0n) is 20.8. The predicted octanol–water partition coefficient (Wildman–Crippen LogP) is 3.45. The quantitative estimate of drug-likeness (QED) is 0.472. The van der Waals surface area contributed by atoms with Crippen LogP contribution >= 0.6 is 0 Å². The summed E-state index contributed by atoms with van der Waals surface area (Å²) in [6.45, 7) is 6.30. The van der Waals surface area contributed by atoms with Crippen molar-refractivity contribution in [3.8, 4) is 5.75 Å². The normalized spacial score (nSPS) is 21.5. The van der Waals surface area contributed by atoms with Gasteiger partial charge in [-0.2, -0.15) is 4.98 Å². The molecule has 3 aromatic rings. The molecule has 2 saturated heterocycles. The number of hydrogen-bond donors (Lipinski definition) is 1. The number of halogens is 3. The lowest BCUT2D eigenvalue weighted by Gasteiger charge is -2.33. The Morgan fingerprint density at radius 1 is 1.05 bits per heavy atom. The number of nitrogens with zero attached hydrogens (tertiary/aromatic N) is 6. The molecule has 0 radical (unpaired) electrons. The summed E-state index contributed by atoms with van der Waals surface area (Å²) in [7, 11) is 0. The van der Waals surface area contributed by atoms with Crippen LogP contribution in [0.4, 0.5) is 25.1 Å². The van der Waals surface area contributed by atoms with Gasteiger partial charge in [-0.25, -0.2) is 23.1 Å². The van der Waals surface area contributed by atoms with Gasteiger partial charge in [0.1, 0.15) is 5.82 Å². The molecule has 2 fully saturated rings. The lowest BCUT2D eigenvalue weighted by molar-refractivity contribution is 0.131. The minimum absolute atomic E-state index is 0.0357. The van der Waals surface area contributed by atoms with Crippen LogP contribution in [0.2, 0.25) is 0 Å². The maximum atomic E-state index is 14.3. The molecule has 9 nitrogen and oxygen atoms in total. The van der Waals surface area contributed by atoms with Gasteiger partial charge >= 0.3 is 6.01 Å². The van der Waals surface area contributed by atoms with Gasteiger partial charge in [-0.15, -0.1) is 0 Å². The third-order valence-corrected chi connectivity index (χ3v) is 7.27. The molecular weight excluding hydrogens is 487 g/mol. The monoisotopic (exact) mass is 517 g/mol. The van der Waals surface area contributed by atoms with Crippen LogP contribution in [0.1, 0.15) is 44.0 Å². The second kappa shape index (κ2) is 10.5. The summed E-state index contributed by atoms with van der Waals surface area (Å²) in [6, 6.07) is 1.53. The van der Waals surface area contributed by atoms with Gasteiger partial charge in [0.2, 0.25) is 5.95 Å². The molecule has 0 amide bonds. The summed E-state index contributed by atoms with van der Waals surface area (Å²) in [5.41, 5.74) is 6.26. The van der Waals surface area contributed by atoms with Crippen molar-refractivity contribution in [2.24, 2.45) is 11.7 Å². The number of aromatic nitrogens is 4. The molecule has 0 aliphatic carbocycles. The van der Waals surface area contributed by atoms with E-state index in [9.17, 15) is 13.2 Å². The number of hydrogen-bond acceptors (Lipinski definition) is 9. The first-order valence-electron chi connectivity index (χ1n) is 12.5. The van der Waals surface area contributed by atoms with Crippen molar-refractivity contribution in [3.63, 3.8) is 0 Å². The number of nitrogens with two attached hydrogens (primary N) is 1. The first-order chi connectivity index (χ1) is 17.8. The van der Waals surface area contributed by atoms with E-state index in [1.807, 2.05) is 13.8 Å². The Hall–Kier alpha value is -3.41. The lowest BCUT2D eigenvalue weighted by Crippen LogP contribution is -2.38. The molecule has 0 saturated carbocycles. The first kappa shape index (κ1) is 25.2. The van der Waals surface area contributed by atoms with E-state index in [0.717, 1.165) is 38.4 Å². The Labute approximate surface area is 212 Å². The summed E-state index contributed by atoms with van der Waals surface area (Å²) in [6.07, 6.45) is 5.77. The van der Waals surface area contributed by atoms with Crippen LogP contribution in [-0.2, 0) is 6.42 Å². The highest BCUT2D eigenvalue weighted by atomic mass is 19.2. The molecule has 5 rings (SSSR count). The summed E-state index contributed by atoms with van der Waals surface area (Å²) in [4.78, 5) is 17.1. The molecule has 0 spiro atoms. The maximum absolute atomic E-state index is 14.3. The van der Waals surface area contributed by atoms with Gasteiger partial charge in [0.25, 0.3) is 0 Å². The van der Waals surface area contributed by atoms with Crippen LogP contribution in [0, 0.1) is 23.4 Å². The van der Waals surface area contributed by atoms with Gasteiger partial charge < -0.3 is 24.8 Å². The summed E-state index contributed by atoms with van der Waals surface area (Å²) in [5, 5.41) is 3.97. The number of anilines is 2. The fraction of sp³-hybridized carbons (Fsp3) is 0.520. The van der Waals surface area contributed by atoms with Crippen LogP contribution in [-0.4, -0.2) is 58.4 Å². The van der Waals surface area contributed by atoms with E-state index in [0.29, 0.717) is 42.1 Å². The van der Waals surface area contributed by atoms with E-state index in [1.165, 1.54) is 0 Å². The average Bonchev–Trinajstić information content (AvgIpc) is 3.54. The van der Waals surface area contributed by atoms with E-state index >= 15 is 0 Å². The van der Waals surface area contributed by atoms with Crippen molar-refractivity contribution < 1.29 is 22.4 Å². The van der Waals surface area contributed by atoms with Gasteiger partial charge in [-0.1, -0.05) is 12.1 Å². The number of benzene rings is 1. The molecule has 4 heterocycles. The summed E-state index contributed by atoms with van der Waals surface area (Å²) >= 11 is 0. The van der Waals surface area contributed by atoms with E-state index in [4.69, 9.17) is 15.0 Å². The smallest absolute Gasteiger partial charge is 0.324 e. The van der Waals surface area contributed by atoms with Gasteiger partial charge in [-0.3, -0.25) is 0 Å². The average molecular weight is 518 g/mol. The highest BCUT2D eigenvalue weighted by molar-refractivity contribution is 5.39. The molecule has 198 valence electrons. The Morgan fingerprint density at radius 2 is 1.76 bits per heavy atom. The fourth-order valence-corrected chi connectivity index (χ4v) is 5.06. The van der Waals surface area contributed by atoms with Crippen molar-refractivity contribution in [2.45, 2.75) is 51.2 Å². The Morgan fingerprint density at radius 3 is 2.43 bits per heavy atom. The van der Waals surface area contributed by atoms with Crippen molar-refractivity contribution in [1.29, 1.82) is 0 Å². The van der Waals surface area contributed by atoms with Crippen LogP contribution < -0.4 is 20.3 Å². The van der Waals surface area contributed by atoms with E-state index in [1.54, 1.807) is 17.3 Å². The molecular formula is C25H30F3N7O2. The molecule has 2 aliphatic rings. The van der Waals surface area contributed by atoms with E-state index < -0.39 is 29.4 Å². The Kier molecular flexibility index (Phi) is 7.18. The SMILES string of the molecule is CCc1noc(N2CCC([C@H](C)Oc3cnc(N4C[C@H](c5cc(F)c(F)cc5F)[C@@H](N)C4)nc3)CC2)n1. The number of ether oxygens (including phenoxy) is 1. The molecule has 0 bridgehead atoms. The Bertz CT molecular complexity index is 1220. The first-order valence-corrected chi connectivity index (χ1v) is 12.5. The zero-order chi connectivity index (χ0) is 26.1.